The molecule has 0 unspecified atom stereocenters. The zero-order valence-corrected chi connectivity index (χ0v) is 11.9. The summed E-state index contributed by atoms with van der Waals surface area (Å²) in [4.78, 5) is 5.47. The van der Waals surface area contributed by atoms with Gasteiger partial charge in [-0.25, -0.2) is 4.98 Å². The van der Waals surface area contributed by atoms with Crippen molar-refractivity contribution < 1.29 is 0 Å². The predicted molar refractivity (Wildman–Crippen MR) is 73.0 cm³/mol. The van der Waals surface area contributed by atoms with Crippen molar-refractivity contribution in [3.63, 3.8) is 0 Å². The van der Waals surface area contributed by atoms with Crippen LogP contribution in [0.4, 0.5) is 0 Å². The SMILES string of the molecule is CNCc1ccc(Cl)cc1Sc1nc(C)ns1. The van der Waals surface area contributed by atoms with E-state index in [4.69, 9.17) is 11.6 Å². The number of hydrogen-bond donors (Lipinski definition) is 1. The molecule has 1 aromatic carbocycles. The third-order valence-corrected chi connectivity index (χ3v) is 4.28. The van der Waals surface area contributed by atoms with E-state index in [0.29, 0.717) is 0 Å². The minimum absolute atomic E-state index is 0.744. The van der Waals surface area contributed by atoms with E-state index in [2.05, 4.69) is 14.7 Å². The second-order valence-corrected chi connectivity index (χ2v) is 5.97. The molecule has 6 heteroatoms. The number of halogens is 1. The summed E-state index contributed by atoms with van der Waals surface area (Å²) in [5, 5.41) is 3.89. The molecule has 3 nitrogen and oxygen atoms in total. The highest BCUT2D eigenvalue weighted by Gasteiger charge is 2.08. The zero-order valence-electron chi connectivity index (χ0n) is 9.53. The molecule has 1 N–H and O–H groups in total. The maximum atomic E-state index is 6.02. The monoisotopic (exact) mass is 285 g/mol. The number of rotatable bonds is 4. The van der Waals surface area contributed by atoms with Gasteiger partial charge in [0.2, 0.25) is 0 Å². The van der Waals surface area contributed by atoms with Gasteiger partial charge in [0.1, 0.15) is 5.82 Å². The third kappa shape index (κ3) is 3.42. The second kappa shape index (κ2) is 5.82. The Kier molecular flexibility index (Phi) is 4.39. The fourth-order valence-electron chi connectivity index (χ4n) is 1.37. The fraction of sp³-hybridized carbons (Fsp3) is 0.273. The first-order chi connectivity index (χ1) is 8.19. The predicted octanol–water partition coefficient (Wildman–Crippen LogP) is 3.37. The molecule has 2 rings (SSSR count). The summed E-state index contributed by atoms with van der Waals surface area (Å²) < 4.78 is 5.12. The Hall–Kier alpha value is -0.620. The summed E-state index contributed by atoms with van der Waals surface area (Å²) in [6.07, 6.45) is 0. The molecule has 0 spiro atoms. The lowest BCUT2D eigenvalue weighted by Gasteiger charge is -2.07. The Balaban J connectivity index is 2.26. The van der Waals surface area contributed by atoms with Gasteiger partial charge in [-0.3, -0.25) is 0 Å². The lowest BCUT2D eigenvalue weighted by Crippen LogP contribution is -2.05. The standard InChI is InChI=1S/C11H12ClN3S2/c1-7-14-11(17-15-7)16-10-5-9(12)4-3-8(10)6-13-2/h3-5,13H,6H2,1-2H3. The molecule has 0 amide bonds. The van der Waals surface area contributed by atoms with Crippen LogP contribution in [0.2, 0.25) is 5.02 Å². The van der Waals surface area contributed by atoms with Crippen molar-refractivity contribution in [3.05, 3.63) is 34.6 Å². The van der Waals surface area contributed by atoms with Crippen molar-refractivity contribution in [2.75, 3.05) is 7.05 Å². The van der Waals surface area contributed by atoms with Crippen molar-refractivity contribution >= 4 is 34.9 Å². The van der Waals surface area contributed by atoms with Crippen LogP contribution >= 0.6 is 34.9 Å². The summed E-state index contributed by atoms with van der Waals surface area (Å²) in [6, 6.07) is 5.91. The van der Waals surface area contributed by atoms with E-state index in [1.54, 1.807) is 11.8 Å². The molecule has 2 aromatic rings. The largest absolute Gasteiger partial charge is 0.316 e. The van der Waals surface area contributed by atoms with E-state index in [1.807, 2.05) is 32.2 Å². The minimum atomic E-state index is 0.744. The summed E-state index contributed by atoms with van der Waals surface area (Å²) in [6.45, 7) is 2.71. The highest BCUT2D eigenvalue weighted by atomic mass is 35.5. The molecule has 1 aromatic heterocycles. The highest BCUT2D eigenvalue weighted by molar-refractivity contribution is 8.01. The highest BCUT2D eigenvalue weighted by Crippen LogP contribution is 2.33. The molecule has 0 radical (unpaired) electrons. The number of nitrogens with one attached hydrogen (secondary N) is 1. The normalized spacial score (nSPS) is 10.8. The van der Waals surface area contributed by atoms with Crippen LogP contribution in [0.25, 0.3) is 0 Å². The quantitative estimate of drug-likeness (QED) is 0.935. The van der Waals surface area contributed by atoms with Crippen molar-refractivity contribution in [2.24, 2.45) is 0 Å². The van der Waals surface area contributed by atoms with Gasteiger partial charge >= 0.3 is 0 Å². The molecule has 0 aliphatic rings. The molecule has 0 fully saturated rings. The van der Waals surface area contributed by atoms with Crippen LogP contribution in [-0.2, 0) is 6.54 Å². The number of nitrogens with zero attached hydrogens (tertiary/aromatic N) is 2. The number of hydrogen-bond acceptors (Lipinski definition) is 5. The van der Waals surface area contributed by atoms with E-state index in [-0.39, 0.29) is 0 Å². The van der Waals surface area contributed by atoms with Crippen molar-refractivity contribution in [1.29, 1.82) is 0 Å². The third-order valence-electron chi connectivity index (χ3n) is 2.10. The molecule has 0 aliphatic carbocycles. The Morgan fingerprint density at radius 3 is 2.94 bits per heavy atom. The lowest BCUT2D eigenvalue weighted by molar-refractivity contribution is 0.803. The van der Waals surface area contributed by atoms with E-state index >= 15 is 0 Å². The zero-order chi connectivity index (χ0) is 12.3. The summed E-state index contributed by atoms with van der Waals surface area (Å²) in [5.41, 5.74) is 1.22. The van der Waals surface area contributed by atoms with Gasteiger partial charge in [-0.2, -0.15) is 4.37 Å². The van der Waals surface area contributed by atoms with Gasteiger partial charge in [0.15, 0.2) is 4.34 Å². The van der Waals surface area contributed by atoms with Crippen LogP contribution in [0.1, 0.15) is 11.4 Å². The maximum Gasteiger partial charge on any atom is 0.174 e. The van der Waals surface area contributed by atoms with Crippen LogP contribution in [0, 0.1) is 6.92 Å². The topological polar surface area (TPSA) is 37.8 Å². The van der Waals surface area contributed by atoms with Crippen LogP contribution in [-0.4, -0.2) is 16.4 Å². The van der Waals surface area contributed by atoms with E-state index in [9.17, 15) is 0 Å². The molecule has 0 atom stereocenters. The minimum Gasteiger partial charge on any atom is -0.316 e. The van der Waals surface area contributed by atoms with Gasteiger partial charge in [-0.1, -0.05) is 29.4 Å². The Morgan fingerprint density at radius 2 is 2.29 bits per heavy atom. The Labute approximate surface area is 114 Å². The van der Waals surface area contributed by atoms with Crippen molar-refractivity contribution in [2.45, 2.75) is 22.7 Å². The maximum absolute atomic E-state index is 6.02. The summed E-state index contributed by atoms with van der Waals surface area (Å²) >= 11 is 9.05. The van der Waals surface area contributed by atoms with Crippen LogP contribution in [0.3, 0.4) is 0 Å². The van der Waals surface area contributed by atoms with Gasteiger partial charge < -0.3 is 5.32 Å². The van der Waals surface area contributed by atoms with Gasteiger partial charge in [-0.15, -0.1) is 0 Å². The summed E-state index contributed by atoms with van der Waals surface area (Å²) in [7, 11) is 1.93. The first kappa shape index (κ1) is 12.8. The second-order valence-electron chi connectivity index (χ2n) is 3.49. The molecule has 0 saturated heterocycles. The average molecular weight is 286 g/mol. The first-order valence-electron chi connectivity index (χ1n) is 5.10. The molecular formula is C11H12ClN3S2. The molecule has 0 bridgehead atoms. The van der Waals surface area contributed by atoms with Crippen LogP contribution in [0.15, 0.2) is 27.4 Å². The fourth-order valence-corrected chi connectivity index (χ4v) is 3.39. The Bertz CT molecular complexity index is 513. The van der Waals surface area contributed by atoms with E-state index in [1.165, 1.54) is 17.1 Å². The first-order valence-corrected chi connectivity index (χ1v) is 7.07. The van der Waals surface area contributed by atoms with E-state index in [0.717, 1.165) is 26.6 Å². The Morgan fingerprint density at radius 1 is 1.47 bits per heavy atom. The number of aromatic nitrogens is 2. The number of aryl methyl sites for hydroxylation is 1. The number of benzene rings is 1. The van der Waals surface area contributed by atoms with E-state index < -0.39 is 0 Å². The van der Waals surface area contributed by atoms with Crippen molar-refractivity contribution in [3.8, 4) is 0 Å². The molecule has 17 heavy (non-hydrogen) atoms. The molecule has 90 valence electrons. The molecule has 0 saturated carbocycles. The molecular weight excluding hydrogens is 274 g/mol. The van der Waals surface area contributed by atoms with Gasteiger partial charge in [0.25, 0.3) is 0 Å². The summed E-state index contributed by atoms with van der Waals surface area (Å²) in [5.74, 6) is 0.815. The molecule has 0 aliphatic heterocycles. The lowest BCUT2D eigenvalue weighted by atomic mass is 10.2. The average Bonchev–Trinajstić information content (AvgIpc) is 2.68. The smallest absolute Gasteiger partial charge is 0.174 e. The van der Waals surface area contributed by atoms with Crippen LogP contribution in [0.5, 0.6) is 0 Å². The van der Waals surface area contributed by atoms with Crippen molar-refractivity contribution in [1.82, 2.24) is 14.7 Å². The van der Waals surface area contributed by atoms with Gasteiger partial charge in [0.05, 0.1) is 0 Å². The van der Waals surface area contributed by atoms with Gasteiger partial charge in [0, 0.05) is 16.5 Å². The molecule has 1 heterocycles. The van der Waals surface area contributed by atoms with Gasteiger partial charge in [-0.05, 0) is 43.2 Å². The van der Waals surface area contributed by atoms with Crippen LogP contribution < -0.4 is 5.32 Å².